The second-order valence-corrected chi connectivity index (χ2v) is 8.80. The molecule has 0 radical (unpaired) electrons. The zero-order valence-corrected chi connectivity index (χ0v) is 19.3. The van der Waals surface area contributed by atoms with Gasteiger partial charge in [-0.1, -0.05) is 23.7 Å². The van der Waals surface area contributed by atoms with E-state index < -0.39 is 0 Å². The molecular weight excluding hydrogens is 436 g/mol. The number of methoxy groups -OCH3 is 1. The topological polar surface area (TPSA) is 55.6 Å². The maximum Gasteiger partial charge on any atom is 0.289 e. The van der Waals surface area contributed by atoms with Crippen molar-refractivity contribution in [3.8, 4) is 11.3 Å². The lowest BCUT2D eigenvalue weighted by Gasteiger charge is -2.23. The molecule has 6 heteroatoms. The van der Waals surface area contributed by atoms with Crippen LogP contribution in [0.4, 0.5) is 0 Å². The Morgan fingerprint density at radius 3 is 2.64 bits per heavy atom. The Kier molecular flexibility index (Phi) is 6.16. The fraction of sp³-hybridized carbons (Fsp3) is 0.259. The lowest BCUT2D eigenvalue weighted by Crippen LogP contribution is -2.33. The van der Waals surface area contributed by atoms with Gasteiger partial charge in [0.2, 0.25) is 0 Å². The number of pyridine rings is 1. The number of nitrogens with zero attached hydrogens (tertiary/aromatic N) is 2. The summed E-state index contributed by atoms with van der Waals surface area (Å²) in [6.45, 7) is 1.26. The number of hydrogen-bond acceptors (Lipinski definition) is 4. The fourth-order valence-corrected chi connectivity index (χ4v) is 4.61. The summed E-state index contributed by atoms with van der Waals surface area (Å²) in [5, 5.41) is 1.77. The van der Waals surface area contributed by atoms with E-state index in [2.05, 4.69) is 18.2 Å². The van der Waals surface area contributed by atoms with Crippen molar-refractivity contribution in [2.45, 2.75) is 25.8 Å². The molecule has 2 aromatic heterocycles. The molecule has 33 heavy (non-hydrogen) atoms. The Morgan fingerprint density at radius 2 is 1.91 bits per heavy atom. The van der Waals surface area contributed by atoms with Gasteiger partial charge in [-0.05, 0) is 78.4 Å². The van der Waals surface area contributed by atoms with E-state index in [1.165, 1.54) is 23.8 Å². The lowest BCUT2D eigenvalue weighted by atomic mass is 10.00. The van der Waals surface area contributed by atoms with E-state index in [9.17, 15) is 4.79 Å². The molecule has 0 saturated carbocycles. The van der Waals surface area contributed by atoms with Crippen LogP contribution in [0.15, 0.2) is 65.3 Å². The maximum absolute atomic E-state index is 13.2. The number of amides is 1. The van der Waals surface area contributed by atoms with Crippen molar-refractivity contribution in [2.24, 2.45) is 0 Å². The molecule has 168 valence electrons. The molecule has 1 aliphatic rings. The molecule has 0 atom stereocenters. The van der Waals surface area contributed by atoms with Gasteiger partial charge in [0.1, 0.15) is 0 Å². The van der Waals surface area contributed by atoms with Crippen molar-refractivity contribution in [1.29, 1.82) is 0 Å². The lowest BCUT2D eigenvalue weighted by molar-refractivity contribution is 0.0649. The monoisotopic (exact) mass is 460 g/mol. The Bertz CT molecular complexity index is 1280. The van der Waals surface area contributed by atoms with Gasteiger partial charge in [-0.3, -0.25) is 4.79 Å². The number of carbonyl (C=O) groups excluding carboxylic acids is 1. The number of hydrogen-bond donors (Lipinski definition) is 0. The van der Waals surface area contributed by atoms with Gasteiger partial charge in [0, 0.05) is 36.2 Å². The standard InChI is InChI=1S/C27H25ClN2O3/c1-32-13-11-30(27(31)25-6-3-12-33-25)17-22-15-21-14-19-4-2-5-20(19)16-24(21)29-26(22)18-7-9-23(28)10-8-18/h3,6-10,12,14-16H,2,4-5,11,13,17H2,1H3. The highest BCUT2D eigenvalue weighted by molar-refractivity contribution is 6.30. The molecule has 4 aromatic rings. The number of aromatic nitrogens is 1. The first-order valence-electron chi connectivity index (χ1n) is 11.2. The first kappa shape index (κ1) is 21.7. The molecule has 0 spiro atoms. The molecule has 1 aliphatic carbocycles. The van der Waals surface area contributed by atoms with Crippen LogP contribution in [0.3, 0.4) is 0 Å². The number of aryl methyl sites for hydroxylation is 2. The Hall–Kier alpha value is -3.15. The second kappa shape index (κ2) is 9.38. The Balaban J connectivity index is 1.60. The molecule has 0 saturated heterocycles. The van der Waals surface area contributed by atoms with Gasteiger partial charge in [0.05, 0.1) is 24.1 Å². The predicted octanol–water partition coefficient (Wildman–Crippen LogP) is 5.93. The van der Waals surface area contributed by atoms with E-state index in [0.717, 1.165) is 40.6 Å². The zero-order valence-electron chi connectivity index (χ0n) is 18.5. The van der Waals surface area contributed by atoms with E-state index in [1.54, 1.807) is 24.1 Å². The maximum atomic E-state index is 13.2. The highest BCUT2D eigenvalue weighted by Crippen LogP contribution is 2.32. The second-order valence-electron chi connectivity index (χ2n) is 8.37. The van der Waals surface area contributed by atoms with E-state index in [0.29, 0.717) is 30.5 Å². The molecule has 0 fully saturated rings. The van der Waals surface area contributed by atoms with Crippen LogP contribution in [0.1, 0.15) is 33.7 Å². The number of furan rings is 1. The molecule has 0 bridgehead atoms. The highest BCUT2D eigenvalue weighted by atomic mass is 35.5. The van der Waals surface area contributed by atoms with Gasteiger partial charge in [-0.15, -0.1) is 0 Å². The summed E-state index contributed by atoms with van der Waals surface area (Å²) in [7, 11) is 1.63. The summed E-state index contributed by atoms with van der Waals surface area (Å²) in [6, 6.07) is 17.7. The smallest absolute Gasteiger partial charge is 0.289 e. The number of carbonyl (C=O) groups is 1. The van der Waals surface area contributed by atoms with E-state index in [4.69, 9.17) is 25.7 Å². The molecule has 5 nitrogen and oxygen atoms in total. The molecular formula is C27H25ClN2O3. The molecule has 2 aromatic carbocycles. The van der Waals surface area contributed by atoms with Gasteiger partial charge in [-0.2, -0.15) is 0 Å². The summed E-state index contributed by atoms with van der Waals surface area (Å²) in [5.74, 6) is 0.138. The Morgan fingerprint density at radius 1 is 1.12 bits per heavy atom. The van der Waals surface area contributed by atoms with Crippen molar-refractivity contribution >= 4 is 28.4 Å². The van der Waals surface area contributed by atoms with Gasteiger partial charge in [0.25, 0.3) is 5.91 Å². The average Bonchev–Trinajstić information content (AvgIpc) is 3.52. The first-order valence-corrected chi connectivity index (χ1v) is 11.5. The number of ether oxygens (including phenoxy) is 1. The minimum absolute atomic E-state index is 0.173. The summed E-state index contributed by atoms with van der Waals surface area (Å²) in [6.07, 6.45) is 4.91. The molecule has 0 aliphatic heterocycles. The molecule has 0 N–H and O–H groups in total. The van der Waals surface area contributed by atoms with Crippen LogP contribution in [-0.2, 0) is 24.1 Å². The van der Waals surface area contributed by atoms with E-state index in [-0.39, 0.29) is 5.91 Å². The summed E-state index contributed by atoms with van der Waals surface area (Å²) in [4.78, 5) is 20.0. The number of halogens is 1. The van der Waals surface area contributed by atoms with Crippen LogP contribution in [0.2, 0.25) is 5.02 Å². The van der Waals surface area contributed by atoms with Crippen LogP contribution in [0.5, 0.6) is 0 Å². The third-order valence-electron chi connectivity index (χ3n) is 6.17. The minimum atomic E-state index is -0.173. The third-order valence-corrected chi connectivity index (χ3v) is 6.42. The van der Waals surface area contributed by atoms with Crippen LogP contribution in [0, 0.1) is 0 Å². The first-order chi connectivity index (χ1) is 16.1. The summed E-state index contributed by atoms with van der Waals surface area (Å²) < 4.78 is 10.7. The van der Waals surface area contributed by atoms with Crippen LogP contribution >= 0.6 is 11.6 Å². The van der Waals surface area contributed by atoms with E-state index >= 15 is 0 Å². The summed E-state index contributed by atoms with van der Waals surface area (Å²) >= 11 is 6.14. The minimum Gasteiger partial charge on any atom is -0.459 e. The van der Waals surface area contributed by atoms with Crippen molar-refractivity contribution in [3.05, 3.63) is 88.3 Å². The SMILES string of the molecule is COCCN(Cc1cc2cc3c(cc2nc1-c1ccc(Cl)cc1)CCC3)C(=O)c1ccco1. The molecule has 2 heterocycles. The number of fused-ring (bicyclic) bond motifs is 2. The zero-order chi connectivity index (χ0) is 22.8. The summed E-state index contributed by atoms with van der Waals surface area (Å²) in [5.41, 5.74) is 6.56. The predicted molar refractivity (Wildman–Crippen MR) is 130 cm³/mol. The van der Waals surface area contributed by atoms with Crippen molar-refractivity contribution in [1.82, 2.24) is 9.88 Å². The average molecular weight is 461 g/mol. The molecule has 5 rings (SSSR count). The molecule has 1 amide bonds. The quantitative estimate of drug-likeness (QED) is 0.343. The molecule has 0 unspecified atom stereocenters. The third kappa shape index (κ3) is 4.52. The van der Waals surface area contributed by atoms with Gasteiger partial charge in [-0.25, -0.2) is 4.98 Å². The largest absolute Gasteiger partial charge is 0.459 e. The van der Waals surface area contributed by atoms with Crippen molar-refractivity contribution < 1.29 is 13.9 Å². The normalized spacial score (nSPS) is 12.8. The van der Waals surface area contributed by atoms with Crippen molar-refractivity contribution in [3.63, 3.8) is 0 Å². The van der Waals surface area contributed by atoms with Gasteiger partial charge < -0.3 is 14.1 Å². The van der Waals surface area contributed by atoms with Crippen LogP contribution < -0.4 is 0 Å². The Labute approximate surface area is 197 Å². The van der Waals surface area contributed by atoms with E-state index in [1.807, 2.05) is 24.3 Å². The number of rotatable bonds is 7. The van der Waals surface area contributed by atoms with Crippen LogP contribution in [0.25, 0.3) is 22.2 Å². The van der Waals surface area contributed by atoms with Gasteiger partial charge in [0.15, 0.2) is 5.76 Å². The van der Waals surface area contributed by atoms with Crippen molar-refractivity contribution in [2.75, 3.05) is 20.3 Å². The van der Waals surface area contributed by atoms with Gasteiger partial charge >= 0.3 is 0 Å². The number of benzene rings is 2. The highest BCUT2D eigenvalue weighted by Gasteiger charge is 2.22. The fourth-order valence-electron chi connectivity index (χ4n) is 4.48. The van der Waals surface area contributed by atoms with Crippen LogP contribution in [-0.4, -0.2) is 36.1 Å².